The second kappa shape index (κ2) is 6.51. The van der Waals surface area contributed by atoms with E-state index in [2.05, 4.69) is 20.3 Å². The van der Waals surface area contributed by atoms with E-state index < -0.39 is 0 Å². The van der Waals surface area contributed by atoms with E-state index >= 15 is 0 Å². The molecule has 0 atom stereocenters. The Labute approximate surface area is 129 Å². The van der Waals surface area contributed by atoms with Crippen LogP contribution in [-0.2, 0) is 0 Å². The molecule has 0 bridgehead atoms. The van der Waals surface area contributed by atoms with Gasteiger partial charge in [0.15, 0.2) is 0 Å². The topological polar surface area (TPSA) is 71.0 Å². The smallest absolute Gasteiger partial charge is 0.257 e. The Kier molecular flexibility index (Phi) is 4.27. The molecule has 2 aromatic heterocycles. The lowest BCUT2D eigenvalue weighted by Crippen LogP contribution is -2.38. The third-order valence-electron chi connectivity index (χ3n) is 4.08. The van der Waals surface area contributed by atoms with Crippen molar-refractivity contribution in [2.75, 3.05) is 25.5 Å². The van der Waals surface area contributed by atoms with Gasteiger partial charge in [0.25, 0.3) is 5.91 Å². The summed E-state index contributed by atoms with van der Waals surface area (Å²) in [7, 11) is 1.78. The third kappa shape index (κ3) is 2.90. The number of carbonyl (C=O) groups excluding carboxylic acids is 1. The monoisotopic (exact) mass is 297 g/mol. The fourth-order valence-electron chi connectivity index (χ4n) is 2.87. The van der Waals surface area contributed by atoms with E-state index in [0.717, 1.165) is 31.6 Å². The zero-order valence-corrected chi connectivity index (χ0v) is 12.6. The van der Waals surface area contributed by atoms with Gasteiger partial charge in [-0.25, -0.2) is 15.0 Å². The Balaban J connectivity index is 1.67. The summed E-state index contributed by atoms with van der Waals surface area (Å²) < 4.78 is 0. The largest absolute Gasteiger partial charge is 0.372 e. The summed E-state index contributed by atoms with van der Waals surface area (Å²) in [4.78, 5) is 27.0. The molecule has 1 saturated heterocycles. The molecule has 1 N–H and O–H groups in total. The summed E-state index contributed by atoms with van der Waals surface area (Å²) >= 11 is 0. The van der Waals surface area contributed by atoms with E-state index in [0.29, 0.717) is 17.3 Å². The van der Waals surface area contributed by atoms with E-state index in [-0.39, 0.29) is 5.91 Å². The minimum atomic E-state index is 0.0404. The number of nitrogens with one attached hydrogen (secondary N) is 1. The van der Waals surface area contributed by atoms with Gasteiger partial charge in [0.1, 0.15) is 12.1 Å². The Bertz CT molecular complexity index is 638. The van der Waals surface area contributed by atoms with Crippen molar-refractivity contribution < 1.29 is 4.79 Å². The van der Waals surface area contributed by atoms with Gasteiger partial charge >= 0.3 is 0 Å². The number of hydrogen-bond donors (Lipinski definition) is 1. The summed E-state index contributed by atoms with van der Waals surface area (Å²) in [5, 5.41) is 2.97. The van der Waals surface area contributed by atoms with E-state index in [4.69, 9.17) is 0 Å². The number of carbonyl (C=O) groups is 1. The van der Waals surface area contributed by atoms with Crippen LogP contribution < -0.4 is 5.32 Å². The van der Waals surface area contributed by atoms with Crippen LogP contribution in [0.5, 0.6) is 0 Å². The van der Waals surface area contributed by atoms with Crippen LogP contribution in [0.3, 0.4) is 0 Å². The van der Waals surface area contributed by atoms with Gasteiger partial charge in [0.05, 0.1) is 5.56 Å². The fourth-order valence-corrected chi connectivity index (χ4v) is 2.87. The zero-order valence-electron chi connectivity index (χ0n) is 12.6. The first kappa shape index (κ1) is 14.4. The van der Waals surface area contributed by atoms with Gasteiger partial charge in [-0.05, 0) is 31.0 Å². The molecule has 1 aliphatic rings. The lowest BCUT2D eigenvalue weighted by Gasteiger charge is -2.32. The predicted molar refractivity (Wildman–Crippen MR) is 83.7 cm³/mol. The maximum Gasteiger partial charge on any atom is 0.257 e. The van der Waals surface area contributed by atoms with Crippen molar-refractivity contribution >= 4 is 11.7 Å². The highest BCUT2D eigenvalue weighted by molar-refractivity contribution is 5.98. The molecule has 6 nitrogen and oxygen atoms in total. The van der Waals surface area contributed by atoms with Crippen molar-refractivity contribution in [3.63, 3.8) is 0 Å². The van der Waals surface area contributed by atoms with E-state index in [1.807, 2.05) is 17.0 Å². The summed E-state index contributed by atoms with van der Waals surface area (Å²) in [5.74, 6) is 1.08. The summed E-state index contributed by atoms with van der Waals surface area (Å²) in [6.07, 6.45) is 6.90. The molecule has 0 saturated carbocycles. The standard InChI is InChI=1S/C16H19N5O/c1-17-15-13(3-2-7-19-15)16(22)21-9-5-12(6-10-21)14-4-8-18-11-20-14/h2-4,7-8,11-12H,5-6,9-10H2,1H3,(H,17,19). The number of pyridine rings is 1. The highest BCUT2D eigenvalue weighted by Gasteiger charge is 2.26. The fraction of sp³-hybridized carbons (Fsp3) is 0.375. The molecule has 0 spiro atoms. The van der Waals surface area contributed by atoms with Gasteiger partial charge in [0.2, 0.25) is 0 Å². The molecule has 6 heteroatoms. The molecule has 3 heterocycles. The molecule has 3 rings (SSSR count). The van der Waals surface area contributed by atoms with Crippen LogP contribution in [0.4, 0.5) is 5.82 Å². The SMILES string of the molecule is CNc1ncccc1C(=O)N1CCC(c2ccncn2)CC1. The predicted octanol–water partition coefficient (Wildman–Crippen LogP) is 1.93. The molecule has 22 heavy (non-hydrogen) atoms. The molecule has 114 valence electrons. The quantitative estimate of drug-likeness (QED) is 0.937. The number of piperidine rings is 1. The van der Waals surface area contributed by atoms with Crippen molar-refractivity contribution in [3.8, 4) is 0 Å². The number of anilines is 1. The van der Waals surface area contributed by atoms with E-state index in [9.17, 15) is 4.79 Å². The number of rotatable bonds is 3. The molecule has 0 aromatic carbocycles. The Hall–Kier alpha value is -2.50. The second-order valence-electron chi connectivity index (χ2n) is 5.35. The van der Waals surface area contributed by atoms with Crippen LogP contribution in [0.1, 0.15) is 34.8 Å². The first-order chi connectivity index (χ1) is 10.8. The molecule has 1 amide bonds. The maximum atomic E-state index is 12.6. The van der Waals surface area contributed by atoms with E-state index in [1.54, 1.807) is 31.8 Å². The summed E-state index contributed by atoms with van der Waals surface area (Å²) in [5.41, 5.74) is 1.70. The first-order valence-electron chi connectivity index (χ1n) is 7.47. The minimum absolute atomic E-state index is 0.0404. The van der Waals surface area contributed by atoms with Crippen molar-refractivity contribution in [2.24, 2.45) is 0 Å². The van der Waals surface area contributed by atoms with Crippen LogP contribution in [-0.4, -0.2) is 45.9 Å². The van der Waals surface area contributed by atoms with Gasteiger partial charge in [0, 0.05) is 44.1 Å². The second-order valence-corrected chi connectivity index (χ2v) is 5.35. The number of likely N-dealkylation sites (tertiary alicyclic amines) is 1. The normalized spacial score (nSPS) is 15.6. The highest BCUT2D eigenvalue weighted by atomic mass is 16.2. The number of aromatic nitrogens is 3. The van der Waals surface area contributed by atoms with Gasteiger partial charge < -0.3 is 10.2 Å². The van der Waals surface area contributed by atoms with Crippen LogP contribution >= 0.6 is 0 Å². The van der Waals surface area contributed by atoms with Gasteiger partial charge in [-0.3, -0.25) is 4.79 Å². The molecule has 1 aliphatic heterocycles. The minimum Gasteiger partial charge on any atom is -0.372 e. The highest BCUT2D eigenvalue weighted by Crippen LogP contribution is 2.27. The van der Waals surface area contributed by atoms with Crippen LogP contribution in [0.15, 0.2) is 36.9 Å². The molecular weight excluding hydrogens is 278 g/mol. The zero-order chi connectivity index (χ0) is 15.4. The average molecular weight is 297 g/mol. The molecule has 1 fully saturated rings. The van der Waals surface area contributed by atoms with Gasteiger partial charge in [-0.1, -0.05) is 0 Å². The molecular formula is C16H19N5O. The molecule has 0 radical (unpaired) electrons. The van der Waals surface area contributed by atoms with Crippen molar-refractivity contribution in [2.45, 2.75) is 18.8 Å². The Morgan fingerprint density at radius 2 is 2.05 bits per heavy atom. The third-order valence-corrected chi connectivity index (χ3v) is 4.08. The van der Waals surface area contributed by atoms with Gasteiger partial charge in [-0.15, -0.1) is 0 Å². The Morgan fingerprint density at radius 1 is 1.23 bits per heavy atom. The molecule has 0 aliphatic carbocycles. The van der Waals surface area contributed by atoms with Crippen LogP contribution in [0.2, 0.25) is 0 Å². The number of hydrogen-bond acceptors (Lipinski definition) is 5. The number of amides is 1. The van der Waals surface area contributed by atoms with Crippen molar-refractivity contribution in [1.82, 2.24) is 19.9 Å². The number of nitrogens with zero attached hydrogens (tertiary/aromatic N) is 4. The first-order valence-corrected chi connectivity index (χ1v) is 7.47. The maximum absolute atomic E-state index is 12.6. The van der Waals surface area contributed by atoms with Crippen molar-refractivity contribution in [3.05, 3.63) is 48.2 Å². The molecule has 0 unspecified atom stereocenters. The summed E-state index contributed by atoms with van der Waals surface area (Å²) in [6, 6.07) is 5.57. The molecule has 2 aromatic rings. The lowest BCUT2D eigenvalue weighted by molar-refractivity contribution is 0.0712. The van der Waals surface area contributed by atoms with Crippen LogP contribution in [0.25, 0.3) is 0 Å². The Morgan fingerprint density at radius 3 is 2.73 bits per heavy atom. The van der Waals surface area contributed by atoms with Crippen LogP contribution in [0, 0.1) is 0 Å². The average Bonchev–Trinajstić information content (AvgIpc) is 2.62. The van der Waals surface area contributed by atoms with E-state index in [1.165, 1.54) is 0 Å². The lowest BCUT2D eigenvalue weighted by atomic mass is 9.93. The summed E-state index contributed by atoms with van der Waals surface area (Å²) in [6.45, 7) is 1.48. The van der Waals surface area contributed by atoms with Crippen molar-refractivity contribution in [1.29, 1.82) is 0 Å². The van der Waals surface area contributed by atoms with Gasteiger partial charge in [-0.2, -0.15) is 0 Å².